The number of nitrogens with zero attached hydrogens (tertiary/aromatic N) is 6. The molecule has 4 rings (SSSR count). The molecule has 1 aromatic carbocycles. The van der Waals surface area contributed by atoms with E-state index >= 15 is 0 Å². The minimum atomic E-state index is -0.446. The highest BCUT2D eigenvalue weighted by molar-refractivity contribution is 6.05. The molecule has 10 heteroatoms. The lowest BCUT2D eigenvalue weighted by Crippen LogP contribution is -2.42. The van der Waals surface area contributed by atoms with Crippen LogP contribution in [0.4, 0.5) is 10.1 Å². The molecule has 0 spiro atoms. The summed E-state index contributed by atoms with van der Waals surface area (Å²) in [7, 11) is 0. The molecule has 0 aliphatic carbocycles. The zero-order valence-corrected chi connectivity index (χ0v) is 19.8. The Labute approximate surface area is 198 Å². The van der Waals surface area contributed by atoms with Crippen LogP contribution in [0.3, 0.4) is 0 Å². The second-order valence-corrected chi connectivity index (χ2v) is 8.93. The fraction of sp³-hybridized carbons (Fsp3) is 0.417. The van der Waals surface area contributed by atoms with Gasteiger partial charge in [0.25, 0.3) is 0 Å². The fourth-order valence-corrected chi connectivity index (χ4v) is 4.01. The second kappa shape index (κ2) is 10.3. The first kappa shape index (κ1) is 23.8. The maximum atomic E-state index is 14.5. The predicted molar refractivity (Wildman–Crippen MR) is 131 cm³/mol. The summed E-state index contributed by atoms with van der Waals surface area (Å²) in [5.41, 5.74) is 11.8. The van der Waals surface area contributed by atoms with Crippen molar-refractivity contribution in [1.29, 1.82) is 0 Å². The lowest BCUT2D eigenvalue weighted by Gasteiger charge is -2.33. The molecule has 1 aromatic heterocycles. The Morgan fingerprint density at radius 1 is 1.35 bits per heavy atom. The van der Waals surface area contributed by atoms with Crippen LogP contribution in [0.5, 0.6) is 0 Å². The van der Waals surface area contributed by atoms with Gasteiger partial charge in [0.15, 0.2) is 5.84 Å². The first-order chi connectivity index (χ1) is 16.3. The van der Waals surface area contributed by atoms with Crippen LogP contribution in [0.15, 0.2) is 56.8 Å². The van der Waals surface area contributed by atoms with E-state index in [1.165, 1.54) is 18.5 Å². The standard InChI is InChI=1S/C24H31FN8O/c1-5-33-21(16(4)13-32-8-6-19(26)7-9-32)23(27-14-28-33)29-20-11-17(10-18(25)12-20)22-30-24(15(2)3)34-31-22/h5,10-12,14-15,19H,1,6-9,13,26H2,2-4H3,(H,27,28,29)/b21-16+. The molecule has 0 atom stereocenters. The molecule has 0 unspecified atom stereocenters. The Bertz CT molecular complexity index is 1130. The van der Waals surface area contributed by atoms with E-state index in [9.17, 15) is 4.39 Å². The van der Waals surface area contributed by atoms with Gasteiger partial charge in [-0.15, -0.1) is 0 Å². The van der Waals surface area contributed by atoms with Gasteiger partial charge >= 0.3 is 0 Å². The molecule has 3 heterocycles. The Morgan fingerprint density at radius 3 is 2.79 bits per heavy atom. The highest BCUT2D eigenvalue weighted by Gasteiger charge is 2.23. The van der Waals surface area contributed by atoms with E-state index < -0.39 is 5.82 Å². The molecule has 3 N–H and O–H groups in total. The highest BCUT2D eigenvalue weighted by Crippen LogP contribution is 2.27. The van der Waals surface area contributed by atoms with Crippen LogP contribution in [0.25, 0.3) is 11.4 Å². The minimum absolute atomic E-state index is 0.0785. The summed E-state index contributed by atoms with van der Waals surface area (Å²) in [5, 5.41) is 5.76. The number of hydrazine groups is 1. The topological polar surface area (TPSA) is 108 Å². The average molecular weight is 467 g/mol. The summed E-state index contributed by atoms with van der Waals surface area (Å²) in [6.45, 7) is 12.5. The summed E-state index contributed by atoms with van der Waals surface area (Å²) in [6.07, 6.45) is 5.15. The number of nitrogens with two attached hydrogens (primary N) is 1. The monoisotopic (exact) mass is 466 g/mol. The molecule has 2 aliphatic rings. The summed E-state index contributed by atoms with van der Waals surface area (Å²) in [4.78, 5) is 15.9. The van der Waals surface area contributed by atoms with Crippen molar-refractivity contribution in [3.05, 3.63) is 54.0 Å². The Morgan fingerprint density at radius 2 is 2.12 bits per heavy atom. The number of nitrogens with one attached hydrogen (secondary N) is 1. The highest BCUT2D eigenvalue weighted by atomic mass is 19.1. The normalized spacial score (nSPS) is 20.2. The SMILES string of the molecule is C=CN1NC=NC(=Nc2cc(F)cc(-c3noc(C(C)C)n3)c2)/C1=C(/C)CN1CCC(N)CC1. The molecule has 0 bridgehead atoms. The van der Waals surface area contributed by atoms with Gasteiger partial charge in [0, 0.05) is 30.3 Å². The maximum absolute atomic E-state index is 14.5. The molecule has 34 heavy (non-hydrogen) atoms. The van der Waals surface area contributed by atoms with Gasteiger partial charge in [-0.3, -0.25) is 15.3 Å². The molecule has 1 saturated heterocycles. The second-order valence-electron chi connectivity index (χ2n) is 8.93. The van der Waals surface area contributed by atoms with E-state index in [0.29, 0.717) is 28.8 Å². The van der Waals surface area contributed by atoms with Gasteiger partial charge in [0.1, 0.15) is 17.9 Å². The van der Waals surface area contributed by atoms with Gasteiger partial charge in [-0.1, -0.05) is 25.6 Å². The lowest BCUT2D eigenvalue weighted by molar-refractivity contribution is 0.227. The van der Waals surface area contributed by atoms with E-state index in [1.807, 2.05) is 20.8 Å². The number of halogens is 1. The maximum Gasteiger partial charge on any atom is 0.229 e. The number of hydrogen-bond acceptors (Lipinski definition) is 8. The average Bonchev–Trinajstić information content (AvgIpc) is 3.31. The molecule has 0 saturated carbocycles. The van der Waals surface area contributed by atoms with Gasteiger partial charge in [0.05, 0.1) is 5.69 Å². The van der Waals surface area contributed by atoms with Crippen molar-refractivity contribution in [3.63, 3.8) is 0 Å². The molecule has 0 amide bonds. The third-order valence-corrected chi connectivity index (χ3v) is 5.83. The molecule has 1 fully saturated rings. The van der Waals surface area contributed by atoms with E-state index in [1.54, 1.807) is 17.3 Å². The Balaban J connectivity index is 1.68. The number of rotatable bonds is 6. The summed E-state index contributed by atoms with van der Waals surface area (Å²) in [6, 6.07) is 4.71. The molecular formula is C24H31FN8O. The van der Waals surface area contributed by atoms with Crippen molar-refractivity contribution in [1.82, 2.24) is 25.5 Å². The zero-order valence-electron chi connectivity index (χ0n) is 19.8. The quantitative estimate of drug-likeness (QED) is 0.668. The molecule has 0 radical (unpaired) electrons. The summed E-state index contributed by atoms with van der Waals surface area (Å²) >= 11 is 0. The largest absolute Gasteiger partial charge is 0.339 e. The van der Waals surface area contributed by atoms with Crippen LogP contribution in [0.1, 0.15) is 45.4 Å². The van der Waals surface area contributed by atoms with E-state index in [2.05, 4.69) is 37.0 Å². The van der Waals surface area contributed by atoms with Crippen molar-refractivity contribution in [3.8, 4) is 11.4 Å². The van der Waals surface area contributed by atoms with Gasteiger partial charge in [-0.25, -0.2) is 14.4 Å². The van der Waals surface area contributed by atoms with Crippen LogP contribution in [0.2, 0.25) is 0 Å². The van der Waals surface area contributed by atoms with E-state index in [0.717, 1.165) is 43.7 Å². The third-order valence-electron chi connectivity index (χ3n) is 5.83. The van der Waals surface area contributed by atoms with Crippen molar-refractivity contribution < 1.29 is 8.91 Å². The van der Waals surface area contributed by atoms with Gasteiger partial charge in [-0.05, 0) is 56.6 Å². The zero-order chi connectivity index (χ0) is 24.2. The van der Waals surface area contributed by atoms with E-state index in [4.69, 9.17) is 10.3 Å². The molecule has 9 nitrogen and oxygen atoms in total. The Kier molecular flexibility index (Phi) is 7.18. The van der Waals surface area contributed by atoms with E-state index in [-0.39, 0.29) is 12.0 Å². The molecule has 2 aliphatic heterocycles. The summed E-state index contributed by atoms with van der Waals surface area (Å²) in [5.74, 6) is 0.906. The van der Waals surface area contributed by atoms with Crippen LogP contribution >= 0.6 is 0 Å². The van der Waals surface area contributed by atoms with Crippen molar-refractivity contribution in [2.24, 2.45) is 15.7 Å². The number of aliphatic imine (C=N–C) groups is 2. The van der Waals surface area contributed by atoms with Crippen molar-refractivity contribution >= 4 is 17.9 Å². The van der Waals surface area contributed by atoms with Crippen LogP contribution in [-0.2, 0) is 0 Å². The number of aromatic nitrogens is 2. The number of piperidine rings is 1. The van der Waals surface area contributed by atoms with Crippen LogP contribution in [-0.4, -0.2) is 57.9 Å². The van der Waals surface area contributed by atoms with Crippen molar-refractivity contribution in [2.45, 2.75) is 45.6 Å². The lowest BCUT2D eigenvalue weighted by atomic mass is 10.0. The van der Waals surface area contributed by atoms with Crippen LogP contribution in [0, 0.1) is 5.82 Å². The van der Waals surface area contributed by atoms with Gasteiger partial charge in [0.2, 0.25) is 11.7 Å². The fourth-order valence-electron chi connectivity index (χ4n) is 4.01. The first-order valence-corrected chi connectivity index (χ1v) is 11.5. The Hall–Kier alpha value is -3.37. The first-order valence-electron chi connectivity index (χ1n) is 11.5. The van der Waals surface area contributed by atoms with Gasteiger partial charge < -0.3 is 10.3 Å². The summed E-state index contributed by atoms with van der Waals surface area (Å²) < 4.78 is 19.8. The number of likely N-dealkylation sites (tertiary alicyclic amines) is 1. The predicted octanol–water partition coefficient (Wildman–Crippen LogP) is 3.72. The number of hydrogen-bond donors (Lipinski definition) is 2. The van der Waals surface area contributed by atoms with Crippen molar-refractivity contribution in [2.75, 3.05) is 19.6 Å². The molecule has 2 aromatic rings. The minimum Gasteiger partial charge on any atom is -0.339 e. The van der Waals surface area contributed by atoms with Gasteiger partial charge in [-0.2, -0.15) is 4.98 Å². The molecule has 180 valence electrons. The smallest absolute Gasteiger partial charge is 0.229 e. The third kappa shape index (κ3) is 5.40. The number of benzene rings is 1. The van der Waals surface area contributed by atoms with Crippen LogP contribution < -0.4 is 11.2 Å². The number of amidine groups is 1. The molecular weight excluding hydrogens is 435 g/mol.